The van der Waals surface area contributed by atoms with Crippen LogP contribution in [0.4, 0.5) is 0 Å². The third kappa shape index (κ3) is 8.86. The smallest absolute Gasteiger partial charge is 1.00 e. The van der Waals surface area contributed by atoms with Gasteiger partial charge in [0.15, 0.2) is 0 Å². The van der Waals surface area contributed by atoms with E-state index >= 15 is 0 Å². The summed E-state index contributed by atoms with van der Waals surface area (Å²) in [6, 6.07) is 0. The van der Waals surface area contributed by atoms with Crippen molar-refractivity contribution in [2.75, 3.05) is 0 Å². The second-order valence-electron chi connectivity index (χ2n) is 0. The van der Waals surface area contributed by atoms with Crippen molar-refractivity contribution in [3.05, 3.63) is 0 Å². The summed E-state index contributed by atoms with van der Waals surface area (Å²) in [5.41, 5.74) is 0. The predicted molar refractivity (Wildman–Crippen MR) is 17.9 cm³/mol. The Morgan fingerprint density at radius 1 is 1.25 bits per heavy atom. The van der Waals surface area contributed by atoms with Gasteiger partial charge in [0.05, 0.1) is 0 Å². The monoisotopic (exact) mass is 278 g/mol. The average molecular weight is 277 g/mol. The van der Waals surface area contributed by atoms with Crippen molar-refractivity contribution in [3.63, 3.8) is 0 Å². The summed E-state index contributed by atoms with van der Waals surface area (Å²) in [5.74, 6) is 0. The fraction of sp³-hybridized carbons (Fsp3) is 0. The molecule has 0 fully saturated rings. The van der Waals surface area contributed by atoms with Crippen molar-refractivity contribution >= 4 is 59.8 Å². The fourth-order valence-corrected chi connectivity index (χ4v) is 0. The maximum Gasteiger partial charge on any atom is 2.00 e. The van der Waals surface area contributed by atoms with Gasteiger partial charge in [0.1, 0.15) is 0 Å². The van der Waals surface area contributed by atoms with E-state index in [-0.39, 0.29) is 98.3 Å². The van der Waals surface area contributed by atoms with Gasteiger partial charge in [-0.15, -0.1) is 0 Å². The van der Waals surface area contributed by atoms with Crippen LogP contribution in [0.1, 0.15) is 2.85 Å². The number of rotatable bonds is 0. The topological polar surface area (TPSA) is 0 Å². The molecule has 0 N–H and O–H groups in total. The molecule has 4 heteroatoms. The van der Waals surface area contributed by atoms with Gasteiger partial charge in [-0.3, -0.25) is 0 Å². The summed E-state index contributed by atoms with van der Waals surface area (Å²) >= 11 is 0. The van der Waals surface area contributed by atoms with Crippen LogP contribution in [0.25, 0.3) is 0 Å². The molecule has 0 aromatic carbocycles. The first-order valence-electron chi connectivity index (χ1n) is 0. The molecule has 0 aliphatic carbocycles. The minimum atomic E-state index is 0. The van der Waals surface area contributed by atoms with Crippen LogP contribution in [-0.4, -0.2) is 59.8 Å². The molecule has 0 rings (SSSR count). The maximum atomic E-state index is 0. The van der Waals surface area contributed by atoms with Crippen molar-refractivity contribution in [2.45, 2.75) is 0 Å². The minimum absolute atomic E-state index is 0. The summed E-state index contributed by atoms with van der Waals surface area (Å²) < 4.78 is 0. The molecular formula is H5BaFeSiV. The first-order chi connectivity index (χ1) is 0. The van der Waals surface area contributed by atoms with Gasteiger partial charge in [0.2, 0.25) is 0 Å². The molecule has 0 nitrogen and oxygen atoms in total. The first kappa shape index (κ1) is 28.6. The Morgan fingerprint density at radius 3 is 1.25 bits per heavy atom. The van der Waals surface area contributed by atoms with Crippen molar-refractivity contribution in [1.82, 2.24) is 0 Å². The summed E-state index contributed by atoms with van der Waals surface area (Å²) in [5, 5.41) is 0. The van der Waals surface area contributed by atoms with Crippen molar-refractivity contribution < 1.29 is 38.5 Å². The molecule has 0 aliphatic rings. The van der Waals surface area contributed by atoms with Gasteiger partial charge in [-0.25, -0.2) is 0 Å². The van der Waals surface area contributed by atoms with Crippen LogP contribution in [0.3, 0.4) is 0 Å². The molecule has 0 bridgehead atoms. The quantitative estimate of drug-likeness (QED) is 0.481. The van der Waals surface area contributed by atoms with Crippen molar-refractivity contribution in [3.8, 4) is 0 Å². The molecule has 0 amide bonds. The summed E-state index contributed by atoms with van der Waals surface area (Å²) in [6.45, 7) is 0. The molecule has 0 saturated carbocycles. The van der Waals surface area contributed by atoms with E-state index in [4.69, 9.17) is 0 Å². The van der Waals surface area contributed by atoms with E-state index in [1.165, 1.54) is 0 Å². The van der Waals surface area contributed by atoms with Gasteiger partial charge in [0.25, 0.3) is 0 Å². The molecule has 24 valence electrons. The van der Waals surface area contributed by atoms with Gasteiger partial charge in [-0.05, 0) is 11.0 Å². The average Bonchev–Trinajstić information content (AvgIpc) is 0. The minimum Gasteiger partial charge on any atom is -1.00 e. The van der Waals surface area contributed by atoms with E-state index < -0.39 is 0 Å². The fourth-order valence-electron chi connectivity index (χ4n) is 0. The van der Waals surface area contributed by atoms with Crippen LogP contribution in [0.5, 0.6) is 0 Å². The molecule has 0 aromatic heterocycles. The Hall–Kier alpha value is 2.89. The molecule has 2 radical (unpaired) electrons. The molecule has 0 aromatic rings. The molecule has 0 aliphatic heterocycles. The summed E-state index contributed by atoms with van der Waals surface area (Å²) in [7, 11) is 0. The Morgan fingerprint density at radius 2 is 1.25 bits per heavy atom. The summed E-state index contributed by atoms with van der Waals surface area (Å²) in [4.78, 5) is 0. The van der Waals surface area contributed by atoms with Crippen LogP contribution in [0.2, 0.25) is 0 Å². The van der Waals surface area contributed by atoms with E-state index in [1.54, 1.807) is 0 Å². The Labute approximate surface area is 96.3 Å². The van der Waals surface area contributed by atoms with Gasteiger partial charge < -0.3 is 2.85 Å². The molecule has 0 saturated heterocycles. The van der Waals surface area contributed by atoms with Gasteiger partial charge >= 0.3 is 48.9 Å². The van der Waals surface area contributed by atoms with E-state index in [2.05, 4.69) is 0 Å². The molecule has 0 spiro atoms. The van der Waals surface area contributed by atoms with E-state index in [9.17, 15) is 0 Å². The number of hydrogen-bond donors (Lipinski definition) is 0. The third-order valence-corrected chi connectivity index (χ3v) is 0. The standard InChI is InChI=1S/Ba.Fe.H3Si.V.2H/h;;1H3;;;/q+2;;;;2*-1. The Bertz CT molecular complexity index is 13.5. The second-order valence-corrected chi connectivity index (χ2v) is 0. The van der Waals surface area contributed by atoms with E-state index in [0.717, 1.165) is 0 Å². The number of hydrogen-bond acceptors (Lipinski definition) is 0. The van der Waals surface area contributed by atoms with Crippen molar-refractivity contribution in [1.29, 1.82) is 0 Å². The van der Waals surface area contributed by atoms with E-state index in [1.807, 2.05) is 0 Å². The Balaban J connectivity index is 0. The summed E-state index contributed by atoms with van der Waals surface area (Å²) in [6.07, 6.45) is 0. The van der Waals surface area contributed by atoms with Crippen LogP contribution >= 0.6 is 0 Å². The second kappa shape index (κ2) is 16.9. The van der Waals surface area contributed by atoms with Crippen LogP contribution < -0.4 is 0 Å². The maximum absolute atomic E-state index is 0. The molecule has 4 heavy (non-hydrogen) atoms. The van der Waals surface area contributed by atoms with Gasteiger partial charge in [0, 0.05) is 35.6 Å². The SMILES string of the molecule is [Ba+2].[Fe].[H-].[H-].[SiH3].[V]. The zero-order chi connectivity index (χ0) is 0. The zero-order valence-corrected chi connectivity index (χ0v) is 11.4. The molecule has 0 atom stereocenters. The molecule has 0 heterocycles. The van der Waals surface area contributed by atoms with Gasteiger partial charge in [-0.2, -0.15) is 0 Å². The Kier molecular flexibility index (Phi) is 121. The van der Waals surface area contributed by atoms with E-state index in [0.29, 0.717) is 0 Å². The normalized spacial score (nSPS) is 0. The predicted octanol–water partition coefficient (Wildman–Crippen LogP) is -1.34. The largest absolute Gasteiger partial charge is 2.00 e. The molecule has 0 unspecified atom stereocenters. The zero-order valence-electron chi connectivity index (χ0n) is 4.51. The van der Waals surface area contributed by atoms with Crippen LogP contribution in [0.15, 0.2) is 0 Å². The van der Waals surface area contributed by atoms with Gasteiger partial charge in [-0.1, -0.05) is 0 Å². The van der Waals surface area contributed by atoms with Crippen molar-refractivity contribution in [2.24, 2.45) is 0 Å². The first-order valence-corrected chi connectivity index (χ1v) is 0. The van der Waals surface area contributed by atoms with Crippen LogP contribution in [0, 0.1) is 0 Å². The third-order valence-electron chi connectivity index (χ3n) is 0. The van der Waals surface area contributed by atoms with Crippen LogP contribution in [-0.2, 0) is 35.6 Å². The molecular weight excluding hydrogens is 272 g/mol.